The molecule has 0 atom stereocenters. The standard InChI is InChI=1S/C19H23FN2O2/c20-15-3-1-2-4-16(15)22-17(23)11-21-18(24)19-8-12-5-13(9-19)7-14(6-12)10-19/h1-4,12-14H,5-11H2,(H,21,24)(H,22,23). The molecule has 4 bridgehead atoms. The molecule has 24 heavy (non-hydrogen) atoms. The molecule has 4 saturated carbocycles. The Morgan fingerprint density at radius 2 is 1.62 bits per heavy atom. The van der Waals surface area contributed by atoms with Crippen molar-refractivity contribution < 1.29 is 14.0 Å². The van der Waals surface area contributed by atoms with Gasteiger partial charge in [-0.3, -0.25) is 9.59 Å². The van der Waals surface area contributed by atoms with E-state index in [1.807, 2.05) is 0 Å². The molecule has 0 saturated heterocycles. The van der Waals surface area contributed by atoms with Crippen LogP contribution in [0.25, 0.3) is 0 Å². The number of hydrogen-bond donors (Lipinski definition) is 2. The number of nitrogens with one attached hydrogen (secondary N) is 2. The van der Waals surface area contributed by atoms with E-state index >= 15 is 0 Å². The van der Waals surface area contributed by atoms with Crippen LogP contribution in [0.15, 0.2) is 24.3 Å². The highest BCUT2D eigenvalue weighted by atomic mass is 19.1. The molecule has 1 aromatic rings. The Bertz CT molecular complexity index is 638. The molecule has 0 unspecified atom stereocenters. The topological polar surface area (TPSA) is 58.2 Å². The van der Waals surface area contributed by atoms with E-state index in [2.05, 4.69) is 10.6 Å². The summed E-state index contributed by atoms with van der Waals surface area (Å²) in [4.78, 5) is 24.8. The van der Waals surface area contributed by atoms with Crippen molar-refractivity contribution in [2.24, 2.45) is 23.2 Å². The number of benzene rings is 1. The maximum Gasteiger partial charge on any atom is 0.243 e. The maximum atomic E-state index is 13.6. The molecule has 0 heterocycles. The minimum Gasteiger partial charge on any atom is -0.347 e. The van der Waals surface area contributed by atoms with Crippen molar-refractivity contribution in [1.29, 1.82) is 0 Å². The van der Waals surface area contributed by atoms with Gasteiger partial charge in [0, 0.05) is 5.41 Å². The maximum absolute atomic E-state index is 13.6. The van der Waals surface area contributed by atoms with E-state index in [1.54, 1.807) is 12.1 Å². The number of carbonyl (C=O) groups is 2. The van der Waals surface area contributed by atoms with E-state index in [4.69, 9.17) is 0 Å². The summed E-state index contributed by atoms with van der Waals surface area (Å²) < 4.78 is 13.6. The molecule has 2 N–H and O–H groups in total. The van der Waals surface area contributed by atoms with Crippen molar-refractivity contribution in [2.45, 2.75) is 38.5 Å². The fourth-order valence-corrected chi connectivity index (χ4v) is 5.49. The zero-order chi connectivity index (χ0) is 16.7. The second-order valence-electron chi connectivity index (χ2n) is 7.91. The van der Waals surface area contributed by atoms with Gasteiger partial charge in [0.15, 0.2) is 0 Å². The van der Waals surface area contributed by atoms with Crippen LogP contribution >= 0.6 is 0 Å². The van der Waals surface area contributed by atoms with E-state index in [-0.39, 0.29) is 23.6 Å². The minimum atomic E-state index is -0.474. The zero-order valence-electron chi connectivity index (χ0n) is 13.7. The summed E-state index contributed by atoms with van der Waals surface area (Å²) in [6, 6.07) is 6.03. The van der Waals surface area contributed by atoms with Gasteiger partial charge in [0.1, 0.15) is 5.82 Å². The zero-order valence-corrected chi connectivity index (χ0v) is 13.7. The number of carbonyl (C=O) groups excluding carboxylic acids is 2. The van der Waals surface area contributed by atoms with Crippen molar-refractivity contribution in [2.75, 3.05) is 11.9 Å². The highest BCUT2D eigenvalue weighted by Gasteiger charge is 2.54. The van der Waals surface area contributed by atoms with Crippen LogP contribution in [0.2, 0.25) is 0 Å². The quantitative estimate of drug-likeness (QED) is 0.891. The molecular formula is C19H23FN2O2. The number of halogens is 1. The third-order valence-corrected chi connectivity index (χ3v) is 6.08. The Balaban J connectivity index is 1.35. The van der Waals surface area contributed by atoms with Crippen molar-refractivity contribution in [1.82, 2.24) is 5.32 Å². The predicted octanol–water partition coefficient (Wildman–Crippen LogP) is 3.10. The molecule has 0 aromatic heterocycles. The first kappa shape index (κ1) is 15.6. The normalized spacial score (nSPS) is 33.3. The van der Waals surface area contributed by atoms with Gasteiger partial charge in [0.2, 0.25) is 11.8 Å². The number of rotatable bonds is 4. The Morgan fingerprint density at radius 3 is 2.21 bits per heavy atom. The average Bonchev–Trinajstić information content (AvgIpc) is 2.53. The number of amides is 2. The van der Waals surface area contributed by atoms with E-state index in [0.717, 1.165) is 19.3 Å². The second-order valence-corrected chi connectivity index (χ2v) is 7.91. The molecule has 0 spiro atoms. The summed E-state index contributed by atoms with van der Waals surface area (Å²) in [5.41, 5.74) is -0.112. The number of para-hydroxylation sites is 1. The fourth-order valence-electron chi connectivity index (χ4n) is 5.49. The van der Waals surface area contributed by atoms with Gasteiger partial charge < -0.3 is 10.6 Å². The lowest BCUT2D eigenvalue weighted by Gasteiger charge is -2.55. The first-order valence-corrected chi connectivity index (χ1v) is 8.87. The molecule has 0 radical (unpaired) electrons. The highest BCUT2D eigenvalue weighted by Crippen LogP contribution is 2.60. The number of hydrogen-bond acceptors (Lipinski definition) is 2. The van der Waals surface area contributed by atoms with Gasteiger partial charge in [-0.1, -0.05) is 12.1 Å². The summed E-state index contributed by atoms with van der Waals surface area (Å²) >= 11 is 0. The average molecular weight is 330 g/mol. The van der Waals surface area contributed by atoms with E-state index in [1.165, 1.54) is 31.4 Å². The first-order chi connectivity index (χ1) is 11.5. The van der Waals surface area contributed by atoms with Crippen LogP contribution in [0.3, 0.4) is 0 Å². The highest BCUT2D eigenvalue weighted by molar-refractivity contribution is 5.95. The monoisotopic (exact) mass is 330 g/mol. The Morgan fingerprint density at radius 1 is 1.04 bits per heavy atom. The lowest BCUT2D eigenvalue weighted by molar-refractivity contribution is -0.146. The molecule has 4 aliphatic carbocycles. The molecule has 4 aliphatic rings. The predicted molar refractivity (Wildman–Crippen MR) is 88.6 cm³/mol. The van der Waals surface area contributed by atoms with E-state index < -0.39 is 11.7 Å². The molecule has 0 aliphatic heterocycles. The van der Waals surface area contributed by atoms with Gasteiger partial charge in [-0.2, -0.15) is 0 Å². The molecule has 5 rings (SSSR count). The van der Waals surface area contributed by atoms with Crippen LogP contribution in [0, 0.1) is 29.0 Å². The van der Waals surface area contributed by atoms with Crippen molar-refractivity contribution in [3.05, 3.63) is 30.1 Å². The van der Waals surface area contributed by atoms with Crippen molar-refractivity contribution in [3.63, 3.8) is 0 Å². The molecule has 4 fully saturated rings. The third-order valence-electron chi connectivity index (χ3n) is 6.08. The Labute approximate surface area is 141 Å². The summed E-state index contributed by atoms with van der Waals surface area (Å²) in [5, 5.41) is 5.32. The lowest BCUT2D eigenvalue weighted by Crippen LogP contribution is -2.54. The summed E-state index contributed by atoms with van der Waals surface area (Å²) in [6.07, 6.45) is 6.75. The van der Waals surface area contributed by atoms with Crippen LogP contribution in [0.5, 0.6) is 0 Å². The van der Waals surface area contributed by atoms with Gasteiger partial charge in [-0.05, 0) is 68.4 Å². The fraction of sp³-hybridized carbons (Fsp3) is 0.579. The number of anilines is 1. The Hall–Kier alpha value is -1.91. The van der Waals surface area contributed by atoms with Crippen LogP contribution in [-0.2, 0) is 9.59 Å². The smallest absolute Gasteiger partial charge is 0.243 e. The van der Waals surface area contributed by atoms with E-state index in [0.29, 0.717) is 17.8 Å². The molecule has 5 heteroatoms. The molecule has 2 amide bonds. The van der Waals surface area contributed by atoms with Crippen LogP contribution in [0.4, 0.5) is 10.1 Å². The lowest BCUT2D eigenvalue weighted by atomic mass is 9.49. The van der Waals surface area contributed by atoms with Crippen molar-refractivity contribution >= 4 is 17.5 Å². The first-order valence-electron chi connectivity index (χ1n) is 8.87. The summed E-state index contributed by atoms with van der Waals surface area (Å²) in [5.74, 6) is 1.22. The van der Waals surface area contributed by atoms with Crippen LogP contribution in [0.1, 0.15) is 38.5 Å². The van der Waals surface area contributed by atoms with Gasteiger partial charge in [0.25, 0.3) is 0 Å². The van der Waals surface area contributed by atoms with Gasteiger partial charge in [-0.15, -0.1) is 0 Å². The third kappa shape index (κ3) is 2.80. The van der Waals surface area contributed by atoms with Gasteiger partial charge in [0.05, 0.1) is 12.2 Å². The Kier molecular flexibility index (Phi) is 3.82. The second kappa shape index (κ2) is 5.87. The molecule has 128 valence electrons. The molecular weight excluding hydrogens is 307 g/mol. The largest absolute Gasteiger partial charge is 0.347 e. The summed E-state index contributed by atoms with van der Waals surface area (Å²) in [7, 11) is 0. The van der Waals surface area contributed by atoms with Crippen LogP contribution in [-0.4, -0.2) is 18.4 Å². The SMILES string of the molecule is O=C(CNC(=O)C12CC3CC(CC(C3)C1)C2)Nc1ccccc1F. The molecule has 4 nitrogen and oxygen atoms in total. The molecule has 1 aromatic carbocycles. The summed E-state index contributed by atoms with van der Waals surface area (Å²) in [6.45, 7) is -0.102. The van der Waals surface area contributed by atoms with E-state index in [9.17, 15) is 14.0 Å². The van der Waals surface area contributed by atoms with Crippen LogP contribution < -0.4 is 10.6 Å². The van der Waals surface area contributed by atoms with Crippen molar-refractivity contribution in [3.8, 4) is 0 Å². The van der Waals surface area contributed by atoms with Gasteiger partial charge >= 0.3 is 0 Å². The minimum absolute atomic E-state index is 0.0188. The van der Waals surface area contributed by atoms with Gasteiger partial charge in [-0.25, -0.2) is 4.39 Å².